The van der Waals surface area contributed by atoms with Crippen molar-refractivity contribution < 1.29 is 13.2 Å². The number of hydrogen-bond donors (Lipinski definition) is 1. The van der Waals surface area contributed by atoms with Crippen LogP contribution in [0.25, 0.3) is 0 Å². The lowest BCUT2D eigenvalue weighted by Crippen LogP contribution is -2.16. The first kappa shape index (κ1) is 13.6. The van der Waals surface area contributed by atoms with E-state index in [1.807, 2.05) is 6.92 Å². The summed E-state index contributed by atoms with van der Waals surface area (Å²) in [5.74, 6) is -1.68. The van der Waals surface area contributed by atoms with Crippen LogP contribution >= 0.6 is 0 Å². The van der Waals surface area contributed by atoms with Gasteiger partial charge in [-0.1, -0.05) is 12.1 Å². The zero-order valence-corrected chi connectivity index (χ0v) is 10.5. The predicted molar refractivity (Wildman–Crippen MR) is 68.1 cm³/mol. The zero-order chi connectivity index (χ0) is 14.0. The van der Waals surface area contributed by atoms with Crippen molar-refractivity contribution in [1.29, 1.82) is 0 Å². The smallest absolute Gasteiger partial charge is 0.130 e. The van der Waals surface area contributed by atoms with E-state index in [9.17, 15) is 13.2 Å². The molecule has 0 spiro atoms. The van der Waals surface area contributed by atoms with Gasteiger partial charge in [0.05, 0.1) is 0 Å². The van der Waals surface area contributed by atoms with Crippen molar-refractivity contribution in [3.8, 4) is 0 Å². The Morgan fingerprint density at radius 2 is 1.63 bits per heavy atom. The third-order valence-electron chi connectivity index (χ3n) is 3.11. The van der Waals surface area contributed by atoms with E-state index in [0.717, 1.165) is 23.3 Å². The fourth-order valence-electron chi connectivity index (χ4n) is 2.01. The standard InChI is InChI=1S/C15H14F3N/c1-9-2-3-11(16)6-10(9)7-15(19)13-5-4-12(17)8-14(13)18/h2-6,8,15H,7,19H2,1H3. The van der Waals surface area contributed by atoms with Crippen molar-refractivity contribution in [2.24, 2.45) is 5.73 Å². The summed E-state index contributed by atoms with van der Waals surface area (Å²) in [5, 5.41) is 0. The SMILES string of the molecule is Cc1ccc(F)cc1CC(N)c1ccc(F)cc1F. The molecule has 2 aromatic rings. The monoisotopic (exact) mass is 265 g/mol. The van der Waals surface area contributed by atoms with Crippen molar-refractivity contribution in [1.82, 2.24) is 0 Å². The molecular formula is C15H14F3N. The molecule has 0 fully saturated rings. The molecule has 0 bridgehead atoms. The maximum absolute atomic E-state index is 13.6. The van der Waals surface area contributed by atoms with Gasteiger partial charge in [0.15, 0.2) is 0 Å². The second kappa shape index (κ2) is 5.45. The first-order valence-electron chi connectivity index (χ1n) is 5.93. The highest BCUT2D eigenvalue weighted by atomic mass is 19.1. The Bertz CT molecular complexity index is 596. The highest BCUT2D eigenvalue weighted by molar-refractivity contribution is 5.30. The van der Waals surface area contributed by atoms with Gasteiger partial charge in [-0.15, -0.1) is 0 Å². The van der Waals surface area contributed by atoms with Crippen molar-refractivity contribution in [2.45, 2.75) is 19.4 Å². The second-order valence-electron chi connectivity index (χ2n) is 4.55. The molecule has 1 unspecified atom stereocenters. The fourth-order valence-corrected chi connectivity index (χ4v) is 2.01. The highest BCUT2D eigenvalue weighted by Crippen LogP contribution is 2.22. The third kappa shape index (κ3) is 3.15. The van der Waals surface area contributed by atoms with E-state index in [2.05, 4.69) is 0 Å². The second-order valence-corrected chi connectivity index (χ2v) is 4.55. The molecule has 1 nitrogen and oxygen atoms in total. The minimum Gasteiger partial charge on any atom is -0.324 e. The van der Waals surface area contributed by atoms with Gasteiger partial charge in [0, 0.05) is 17.7 Å². The minimum atomic E-state index is -0.679. The molecule has 19 heavy (non-hydrogen) atoms. The van der Waals surface area contributed by atoms with E-state index in [4.69, 9.17) is 5.73 Å². The van der Waals surface area contributed by atoms with Crippen LogP contribution in [0.15, 0.2) is 36.4 Å². The molecule has 0 amide bonds. The summed E-state index contributed by atoms with van der Waals surface area (Å²) < 4.78 is 39.6. The number of aryl methyl sites for hydroxylation is 1. The molecule has 0 aromatic heterocycles. The fraction of sp³-hybridized carbons (Fsp3) is 0.200. The Labute approximate surface area is 109 Å². The van der Waals surface area contributed by atoms with Gasteiger partial charge in [0.1, 0.15) is 17.5 Å². The molecule has 0 aliphatic carbocycles. The maximum atomic E-state index is 13.6. The zero-order valence-electron chi connectivity index (χ0n) is 10.5. The number of halogens is 3. The lowest BCUT2D eigenvalue weighted by molar-refractivity contribution is 0.553. The van der Waals surface area contributed by atoms with E-state index >= 15 is 0 Å². The molecule has 0 saturated carbocycles. The summed E-state index contributed by atoms with van der Waals surface area (Å²) in [5.41, 5.74) is 7.75. The summed E-state index contributed by atoms with van der Waals surface area (Å²) in [7, 11) is 0. The largest absolute Gasteiger partial charge is 0.324 e. The van der Waals surface area contributed by atoms with Crippen molar-refractivity contribution in [3.63, 3.8) is 0 Å². The van der Waals surface area contributed by atoms with Crippen LogP contribution in [0.2, 0.25) is 0 Å². The molecular weight excluding hydrogens is 251 g/mol. The van der Waals surface area contributed by atoms with Gasteiger partial charge >= 0.3 is 0 Å². The van der Waals surface area contributed by atoms with E-state index < -0.39 is 17.7 Å². The molecule has 100 valence electrons. The summed E-state index contributed by atoms with van der Waals surface area (Å²) in [4.78, 5) is 0. The molecule has 2 N–H and O–H groups in total. The molecule has 2 rings (SSSR count). The molecule has 0 saturated heterocycles. The highest BCUT2D eigenvalue weighted by Gasteiger charge is 2.14. The lowest BCUT2D eigenvalue weighted by Gasteiger charge is -2.15. The Balaban J connectivity index is 2.25. The van der Waals surface area contributed by atoms with Crippen LogP contribution in [0.1, 0.15) is 22.7 Å². The molecule has 0 aliphatic rings. The van der Waals surface area contributed by atoms with Crippen LogP contribution in [0, 0.1) is 24.4 Å². The molecule has 2 aromatic carbocycles. The van der Waals surface area contributed by atoms with Gasteiger partial charge in [0.25, 0.3) is 0 Å². The van der Waals surface area contributed by atoms with E-state index in [0.29, 0.717) is 6.42 Å². The van der Waals surface area contributed by atoms with Crippen molar-refractivity contribution in [2.75, 3.05) is 0 Å². The van der Waals surface area contributed by atoms with Gasteiger partial charge in [-0.25, -0.2) is 13.2 Å². The van der Waals surface area contributed by atoms with E-state index in [-0.39, 0.29) is 11.4 Å². The average molecular weight is 265 g/mol. The number of rotatable bonds is 3. The summed E-state index contributed by atoms with van der Waals surface area (Å²) >= 11 is 0. The lowest BCUT2D eigenvalue weighted by atomic mass is 9.96. The first-order valence-corrected chi connectivity index (χ1v) is 5.93. The van der Waals surface area contributed by atoms with Crippen molar-refractivity contribution >= 4 is 0 Å². The Kier molecular flexibility index (Phi) is 3.90. The molecule has 4 heteroatoms. The van der Waals surface area contributed by atoms with Crippen LogP contribution in [-0.4, -0.2) is 0 Å². The van der Waals surface area contributed by atoms with Gasteiger partial charge in [0.2, 0.25) is 0 Å². The van der Waals surface area contributed by atoms with Crippen LogP contribution in [0.5, 0.6) is 0 Å². The van der Waals surface area contributed by atoms with Gasteiger partial charge in [-0.05, 0) is 42.7 Å². The Morgan fingerprint density at radius 1 is 1.00 bits per heavy atom. The summed E-state index contributed by atoms with van der Waals surface area (Å²) in [6.45, 7) is 1.84. The summed E-state index contributed by atoms with van der Waals surface area (Å²) in [6, 6.07) is 7.05. The van der Waals surface area contributed by atoms with E-state index in [1.54, 1.807) is 6.07 Å². The van der Waals surface area contributed by atoms with Gasteiger partial charge in [-0.2, -0.15) is 0 Å². The van der Waals surface area contributed by atoms with Crippen LogP contribution < -0.4 is 5.73 Å². The molecule has 1 atom stereocenters. The quantitative estimate of drug-likeness (QED) is 0.900. The Hall–Kier alpha value is -1.81. The number of hydrogen-bond acceptors (Lipinski definition) is 1. The molecule has 0 heterocycles. The van der Waals surface area contributed by atoms with Gasteiger partial charge < -0.3 is 5.73 Å². The normalized spacial score (nSPS) is 12.5. The first-order chi connectivity index (χ1) is 8.97. The molecule has 0 radical (unpaired) electrons. The van der Waals surface area contributed by atoms with Crippen LogP contribution in [-0.2, 0) is 6.42 Å². The molecule has 0 aliphatic heterocycles. The van der Waals surface area contributed by atoms with Crippen LogP contribution in [0.3, 0.4) is 0 Å². The number of nitrogens with two attached hydrogens (primary N) is 1. The van der Waals surface area contributed by atoms with Crippen LogP contribution in [0.4, 0.5) is 13.2 Å². The topological polar surface area (TPSA) is 26.0 Å². The summed E-state index contributed by atoms with van der Waals surface area (Å²) in [6.07, 6.45) is 0.298. The third-order valence-corrected chi connectivity index (χ3v) is 3.11. The maximum Gasteiger partial charge on any atom is 0.130 e. The average Bonchev–Trinajstić information content (AvgIpc) is 2.33. The Morgan fingerprint density at radius 3 is 2.32 bits per heavy atom. The van der Waals surface area contributed by atoms with Crippen molar-refractivity contribution in [3.05, 3.63) is 70.5 Å². The van der Waals surface area contributed by atoms with Gasteiger partial charge in [-0.3, -0.25) is 0 Å². The predicted octanol–water partition coefficient (Wildman–Crippen LogP) is 3.65. The number of benzene rings is 2. The minimum absolute atomic E-state index is 0.227. The van der Waals surface area contributed by atoms with E-state index in [1.165, 1.54) is 18.2 Å².